The van der Waals surface area contributed by atoms with Crippen LogP contribution in [0.25, 0.3) is 0 Å². The van der Waals surface area contributed by atoms with E-state index in [4.69, 9.17) is 16.6 Å². The van der Waals surface area contributed by atoms with E-state index in [0.29, 0.717) is 6.42 Å². The van der Waals surface area contributed by atoms with Crippen molar-refractivity contribution >= 4 is 12.4 Å². The van der Waals surface area contributed by atoms with Crippen LogP contribution in [0.2, 0.25) is 0 Å². The largest absolute Gasteiger partial charge is 0.396 e. The Hall–Kier alpha value is 0.170. The first-order valence-corrected chi connectivity index (χ1v) is 1.89. The van der Waals surface area contributed by atoms with E-state index in [-0.39, 0.29) is 25.2 Å². The molecule has 3 nitrogen and oxygen atoms in total. The molecule has 0 aliphatic carbocycles. The Bertz CT molecular complexity index is 34.1. The second-order valence-corrected chi connectivity index (χ2v) is 1.18. The summed E-state index contributed by atoms with van der Waals surface area (Å²) < 4.78 is 0. The molecule has 0 bridgehead atoms. The number of rotatable bonds is 2. The minimum absolute atomic E-state index is 0. The minimum Gasteiger partial charge on any atom is -0.396 e. The number of aliphatic hydroxyl groups is 1. The molecule has 7 heavy (non-hydrogen) atoms. The molecule has 0 saturated heterocycles. The molecule has 0 aromatic carbocycles. The molecule has 46 valence electrons. The summed E-state index contributed by atoms with van der Waals surface area (Å²) in [5.41, 5.74) is 10.0. The Morgan fingerprint density at radius 1 is 1.43 bits per heavy atom. The Morgan fingerprint density at radius 2 is 1.86 bits per heavy atom. The van der Waals surface area contributed by atoms with E-state index in [1.54, 1.807) is 0 Å². The van der Waals surface area contributed by atoms with Gasteiger partial charge in [0.2, 0.25) is 0 Å². The lowest BCUT2D eigenvalue weighted by atomic mass is 10.4. The van der Waals surface area contributed by atoms with E-state index < -0.39 is 0 Å². The van der Waals surface area contributed by atoms with Gasteiger partial charge in [-0.2, -0.15) is 0 Å². The molecule has 0 saturated carbocycles. The zero-order valence-corrected chi connectivity index (χ0v) is 4.82. The molecule has 0 radical (unpaired) electrons. The van der Waals surface area contributed by atoms with Crippen molar-refractivity contribution in [2.24, 2.45) is 11.5 Å². The fourth-order valence-corrected chi connectivity index (χ4v) is 0.149. The summed E-state index contributed by atoms with van der Waals surface area (Å²) >= 11 is 0. The van der Waals surface area contributed by atoms with E-state index in [2.05, 4.69) is 0 Å². The predicted molar refractivity (Wildman–Crippen MR) is 31.1 cm³/mol. The summed E-state index contributed by atoms with van der Waals surface area (Å²) in [6, 6.07) is 0. The van der Waals surface area contributed by atoms with Gasteiger partial charge in [0.25, 0.3) is 0 Å². The number of nitrogens with two attached hydrogens (primary N) is 2. The zero-order valence-electron chi connectivity index (χ0n) is 4.00. The van der Waals surface area contributed by atoms with E-state index in [1.165, 1.54) is 0 Å². The average Bonchev–Trinajstić information content (AvgIpc) is 1.35. The summed E-state index contributed by atoms with van der Waals surface area (Å²) in [6.07, 6.45) is 0.134. The van der Waals surface area contributed by atoms with Crippen molar-refractivity contribution in [1.29, 1.82) is 0 Å². The molecular formula is C3H11ClN2O. The number of hydrogen-bond donors (Lipinski definition) is 3. The third-order valence-corrected chi connectivity index (χ3v) is 0.462. The van der Waals surface area contributed by atoms with Crippen LogP contribution in [0.15, 0.2) is 0 Å². The minimum atomic E-state index is -0.352. The lowest BCUT2D eigenvalue weighted by Gasteiger charge is -1.96. The van der Waals surface area contributed by atoms with Crippen LogP contribution in [0.4, 0.5) is 0 Å². The summed E-state index contributed by atoms with van der Waals surface area (Å²) in [7, 11) is 0. The summed E-state index contributed by atoms with van der Waals surface area (Å²) in [5, 5.41) is 8.08. The van der Waals surface area contributed by atoms with Gasteiger partial charge in [0.05, 0.1) is 6.17 Å². The standard InChI is InChI=1S/C3H10N2O.ClH/c4-3(5)1-2-6;/h3,6H,1-2,4-5H2;1H. The van der Waals surface area contributed by atoms with Crippen molar-refractivity contribution in [3.63, 3.8) is 0 Å². The van der Waals surface area contributed by atoms with Gasteiger partial charge in [-0.15, -0.1) is 12.4 Å². The van der Waals surface area contributed by atoms with E-state index >= 15 is 0 Å². The van der Waals surface area contributed by atoms with E-state index in [9.17, 15) is 0 Å². The molecule has 0 rings (SSSR count). The second kappa shape index (κ2) is 6.17. The zero-order chi connectivity index (χ0) is 4.99. The maximum atomic E-state index is 8.08. The molecule has 0 aromatic heterocycles. The lowest BCUT2D eigenvalue weighted by molar-refractivity contribution is 0.277. The Kier molecular flexibility index (Phi) is 9.00. The van der Waals surface area contributed by atoms with Crippen LogP contribution in [-0.4, -0.2) is 17.9 Å². The third-order valence-electron chi connectivity index (χ3n) is 0.462. The van der Waals surface area contributed by atoms with Crippen LogP contribution in [-0.2, 0) is 0 Å². The van der Waals surface area contributed by atoms with Crippen molar-refractivity contribution in [3.05, 3.63) is 0 Å². The molecule has 0 atom stereocenters. The van der Waals surface area contributed by atoms with Gasteiger partial charge < -0.3 is 16.6 Å². The van der Waals surface area contributed by atoms with Gasteiger partial charge in [-0.25, -0.2) is 0 Å². The SMILES string of the molecule is Cl.NC(N)CCO. The van der Waals surface area contributed by atoms with Crippen LogP contribution in [0, 0.1) is 0 Å². The quantitative estimate of drug-likeness (QED) is 0.417. The molecule has 0 aromatic rings. The highest BCUT2D eigenvalue weighted by Gasteiger charge is 1.86. The van der Waals surface area contributed by atoms with Crippen LogP contribution in [0.5, 0.6) is 0 Å². The highest BCUT2D eigenvalue weighted by atomic mass is 35.5. The molecule has 0 aliphatic rings. The van der Waals surface area contributed by atoms with Crippen LogP contribution < -0.4 is 11.5 Å². The molecule has 0 spiro atoms. The fourth-order valence-electron chi connectivity index (χ4n) is 0.149. The number of hydrogen-bond acceptors (Lipinski definition) is 3. The predicted octanol–water partition coefficient (Wildman–Crippen LogP) is -0.966. The Balaban J connectivity index is 0. The maximum Gasteiger partial charge on any atom is 0.0543 e. The molecule has 0 unspecified atom stereocenters. The number of aliphatic hydroxyl groups excluding tert-OH is 1. The van der Waals surface area contributed by atoms with Crippen molar-refractivity contribution in [2.75, 3.05) is 6.61 Å². The monoisotopic (exact) mass is 126 g/mol. The van der Waals surface area contributed by atoms with Gasteiger partial charge in [-0.1, -0.05) is 0 Å². The summed E-state index contributed by atoms with van der Waals surface area (Å²) in [4.78, 5) is 0. The average molecular weight is 127 g/mol. The first-order chi connectivity index (χ1) is 2.77. The van der Waals surface area contributed by atoms with Crippen molar-refractivity contribution in [2.45, 2.75) is 12.6 Å². The Morgan fingerprint density at radius 3 is 1.86 bits per heavy atom. The fraction of sp³-hybridized carbons (Fsp3) is 1.00. The second-order valence-electron chi connectivity index (χ2n) is 1.18. The third kappa shape index (κ3) is 10.7. The van der Waals surface area contributed by atoms with Crippen LogP contribution in [0.3, 0.4) is 0 Å². The molecule has 5 N–H and O–H groups in total. The topological polar surface area (TPSA) is 72.3 Å². The number of halogens is 1. The first kappa shape index (κ1) is 10.2. The van der Waals surface area contributed by atoms with Crippen molar-refractivity contribution < 1.29 is 5.11 Å². The van der Waals surface area contributed by atoms with Crippen molar-refractivity contribution in [1.82, 2.24) is 0 Å². The van der Waals surface area contributed by atoms with Gasteiger partial charge >= 0.3 is 0 Å². The highest BCUT2D eigenvalue weighted by molar-refractivity contribution is 5.85. The van der Waals surface area contributed by atoms with Gasteiger partial charge in [0, 0.05) is 6.61 Å². The van der Waals surface area contributed by atoms with Gasteiger partial charge in [0.15, 0.2) is 0 Å². The molecular weight excluding hydrogens is 115 g/mol. The summed E-state index contributed by atoms with van der Waals surface area (Å²) in [6.45, 7) is 0.0810. The molecule has 0 amide bonds. The first-order valence-electron chi connectivity index (χ1n) is 1.89. The normalized spacial score (nSPS) is 8.57. The van der Waals surface area contributed by atoms with E-state index in [0.717, 1.165) is 0 Å². The molecule has 4 heteroatoms. The van der Waals surface area contributed by atoms with Crippen LogP contribution >= 0.6 is 12.4 Å². The van der Waals surface area contributed by atoms with Crippen molar-refractivity contribution in [3.8, 4) is 0 Å². The molecule has 0 heterocycles. The summed E-state index contributed by atoms with van der Waals surface area (Å²) in [5.74, 6) is 0. The van der Waals surface area contributed by atoms with Gasteiger partial charge in [-0.05, 0) is 6.42 Å². The smallest absolute Gasteiger partial charge is 0.0543 e. The van der Waals surface area contributed by atoms with Gasteiger partial charge in [0.1, 0.15) is 0 Å². The van der Waals surface area contributed by atoms with E-state index in [1.807, 2.05) is 0 Å². The molecule has 0 fully saturated rings. The van der Waals surface area contributed by atoms with Crippen LogP contribution in [0.1, 0.15) is 6.42 Å². The maximum absolute atomic E-state index is 8.08. The lowest BCUT2D eigenvalue weighted by Crippen LogP contribution is -2.30. The highest BCUT2D eigenvalue weighted by Crippen LogP contribution is 1.71. The molecule has 0 aliphatic heterocycles. The van der Waals surface area contributed by atoms with Gasteiger partial charge in [-0.3, -0.25) is 0 Å². The Labute approximate surface area is 49.1 Å².